The SMILES string of the molecule is CC(=O)Nc1ccccc1C(=O)C(=O)Nc1ccc(C(=O)N[C@H](C)c2ccccc2)cc1. The molecule has 0 bridgehead atoms. The second kappa shape index (κ2) is 10.2. The van der Waals surface area contributed by atoms with E-state index in [1.54, 1.807) is 42.5 Å². The molecule has 3 amide bonds. The summed E-state index contributed by atoms with van der Waals surface area (Å²) in [6, 6.07) is 21.9. The molecule has 0 aromatic heterocycles. The van der Waals surface area contributed by atoms with Gasteiger partial charge in [0.1, 0.15) is 0 Å². The molecule has 1 atom stereocenters. The van der Waals surface area contributed by atoms with Gasteiger partial charge in [-0.15, -0.1) is 0 Å². The number of carbonyl (C=O) groups excluding carboxylic acids is 4. The minimum absolute atomic E-state index is 0.0890. The first-order valence-corrected chi connectivity index (χ1v) is 10.0. The van der Waals surface area contributed by atoms with Crippen molar-refractivity contribution in [1.82, 2.24) is 5.32 Å². The number of nitrogens with one attached hydrogen (secondary N) is 3. The Labute approximate surface area is 185 Å². The third-order valence-corrected chi connectivity index (χ3v) is 4.74. The zero-order valence-electron chi connectivity index (χ0n) is 17.7. The average molecular weight is 429 g/mol. The summed E-state index contributed by atoms with van der Waals surface area (Å²) in [5.74, 6) is -2.23. The van der Waals surface area contributed by atoms with Crippen LogP contribution in [0.1, 0.15) is 46.2 Å². The van der Waals surface area contributed by atoms with Crippen molar-refractivity contribution in [2.24, 2.45) is 0 Å². The fraction of sp³-hybridized carbons (Fsp3) is 0.120. The molecule has 162 valence electrons. The Kier molecular flexibility index (Phi) is 7.13. The van der Waals surface area contributed by atoms with E-state index in [-0.39, 0.29) is 29.1 Å². The lowest BCUT2D eigenvalue weighted by molar-refractivity contribution is -0.114. The summed E-state index contributed by atoms with van der Waals surface area (Å²) in [7, 11) is 0. The van der Waals surface area contributed by atoms with Gasteiger partial charge in [-0.3, -0.25) is 19.2 Å². The van der Waals surface area contributed by atoms with Gasteiger partial charge in [-0.2, -0.15) is 0 Å². The number of amides is 3. The summed E-state index contributed by atoms with van der Waals surface area (Å²) in [6.07, 6.45) is 0. The molecule has 3 aromatic rings. The van der Waals surface area contributed by atoms with Gasteiger partial charge < -0.3 is 16.0 Å². The third-order valence-electron chi connectivity index (χ3n) is 4.74. The monoisotopic (exact) mass is 429 g/mol. The van der Waals surface area contributed by atoms with Crippen LogP contribution < -0.4 is 16.0 Å². The van der Waals surface area contributed by atoms with Crippen LogP contribution in [0.15, 0.2) is 78.9 Å². The number of hydrogen-bond acceptors (Lipinski definition) is 4. The first-order chi connectivity index (χ1) is 15.3. The smallest absolute Gasteiger partial charge is 0.296 e. The van der Waals surface area contributed by atoms with Crippen molar-refractivity contribution in [2.75, 3.05) is 10.6 Å². The van der Waals surface area contributed by atoms with Gasteiger partial charge in [0, 0.05) is 18.2 Å². The van der Waals surface area contributed by atoms with Crippen LogP contribution in [0.3, 0.4) is 0 Å². The van der Waals surface area contributed by atoms with E-state index in [1.165, 1.54) is 13.0 Å². The van der Waals surface area contributed by atoms with E-state index in [9.17, 15) is 19.2 Å². The minimum Gasteiger partial charge on any atom is -0.346 e. The molecule has 3 aromatic carbocycles. The molecule has 7 heteroatoms. The predicted molar refractivity (Wildman–Crippen MR) is 122 cm³/mol. The molecule has 0 unspecified atom stereocenters. The number of Topliss-reactive ketones (excluding diaryl/α,β-unsaturated/α-hetero) is 1. The number of carbonyl (C=O) groups is 4. The van der Waals surface area contributed by atoms with Crippen molar-refractivity contribution in [3.8, 4) is 0 Å². The average Bonchev–Trinajstić information content (AvgIpc) is 2.79. The highest BCUT2D eigenvalue weighted by molar-refractivity contribution is 6.47. The van der Waals surface area contributed by atoms with Gasteiger partial charge in [0.15, 0.2) is 0 Å². The second-order valence-electron chi connectivity index (χ2n) is 7.19. The molecule has 0 aliphatic heterocycles. The molecule has 0 aliphatic carbocycles. The fourth-order valence-electron chi connectivity index (χ4n) is 3.10. The van der Waals surface area contributed by atoms with E-state index in [0.717, 1.165) is 5.56 Å². The van der Waals surface area contributed by atoms with Crippen molar-refractivity contribution in [3.63, 3.8) is 0 Å². The third kappa shape index (κ3) is 5.66. The zero-order chi connectivity index (χ0) is 23.1. The molecule has 0 spiro atoms. The maximum Gasteiger partial charge on any atom is 0.296 e. The summed E-state index contributed by atoms with van der Waals surface area (Å²) in [4.78, 5) is 48.8. The molecule has 0 saturated heterocycles. The molecular weight excluding hydrogens is 406 g/mol. The summed E-state index contributed by atoms with van der Waals surface area (Å²) >= 11 is 0. The van der Waals surface area contributed by atoms with Crippen LogP contribution in [-0.2, 0) is 9.59 Å². The number of ketones is 1. The normalized spacial score (nSPS) is 11.2. The number of para-hydroxylation sites is 1. The second-order valence-corrected chi connectivity index (χ2v) is 7.19. The largest absolute Gasteiger partial charge is 0.346 e. The topological polar surface area (TPSA) is 104 Å². The van der Waals surface area contributed by atoms with Gasteiger partial charge in [0.25, 0.3) is 17.6 Å². The van der Waals surface area contributed by atoms with Crippen LogP contribution in [0.2, 0.25) is 0 Å². The Bertz CT molecular complexity index is 1140. The lowest BCUT2D eigenvalue weighted by atomic mass is 10.1. The molecule has 0 radical (unpaired) electrons. The number of anilines is 2. The predicted octanol–water partition coefficient (Wildman–Crippen LogP) is 3.96. The van der Waals surface area contributed by atoms with Crippen LogP contribution in [0.4, 0.5) is 11.4 Å². The van der Waals surface area contributed by atoms with Gasteiger partial charge in [-0.25, -0.2) is 0 Å². The van der Waals surface area contributed by atoms with Crippen LogP contribution in [0.5, 0.6) is 0 Å². The highest BCUT2D eigenvalue weighted by atomic mass is 16.2. The van der Waals surface area contributed by atoms with E-state index in [0.29, 0.717) is 11.3 Å². The van der Waals surface area contributed by atoms with E-state index in [4.69, 9.17) is 0 Å². The van der Waals surface area contributed by atoms with E-state index >= 15 is 0 Å². The minimum atomic E-state index is -0.849. The summed E-state index contributed by atoms with van der Waals surface area (Å²) in [6.45, 7) is 3.21. The highest BCUT2D eigenvalue weighted by Crippen LogP contribution is 2.18. The van der Waals surface area contributed by atoms with Gasteiger partial charge in [-0.05, 0) is 48.9 Å². The lowest BCUT2D eigenvalue weighted by Crippen LogP contribution is -2.26. The van der Waals surface area contributed by atoms with Crippen LogP contribution >= 0.6 is 0 Å². The van der Waals surface area contributed by atoms with E-state index in [1.807, 2.05) is 37.3 Å². The quantitative estimate of drug-likeness (QED) is 0.391. The Morgan fingerprint density at radius 3 is 2.03 bits per heavy atom. The number of benzene rings is 3. The first-order valence-electron chi connectivity index (χ1n) is 10.0. The van der Waals surface area contributed by atoms with Crippen LogP contribution in [-0.4, -0.2) is 23.5 Å². The Balaban J connectivity index is 1.64. The maximum absolute atomic E-state index is 12.6. The number of hydrogen-bond donors (Lipinski definition) is 3. The van der Waals surface area contributed by atoms with Gasteiger partial charge in [-0.1, -0.05) is 42.5 Å². The Hall–Kier alpha value is -4.26. The summed E-state index contributed by atoms with van der Waals surface area (Å²) < 4.78 is 0. The molecule has 0 aliphatic rings. The fourth-order valence-corrected chi connectivity index (χ4v) is 3.10. The van der Waals surface area contributed by atoms with Crippen molar-refractivity contribution >= 4 is 34.9 Å². The summed E-state index contributed by atoms with van der Waals surface area (Å²) in [5.41, 5.74) is 2.13. The first kappa shape index (κ1) is 22.4. The van der Waals surface area contributed by atoms with Gasteiger partial charge in [0.2, 0.25) is 5.91 Å². The standard InChI is InChI=1S/C25H23N3O4/c1-16(18-8-4-3-5-9-18)26-24(31)19-12-14-20(15-13-19)28-25(32)23(30)21-10-6-7-11-22(21)27-17(2)29/h3-16H,1-2H3,(H,26,31)(H,27,29)(H,28,32)/t16-/m1/s1. The maximum atomic E-state index is 12.6. The van der Waals surface area contributed by atoms with E-state index in [2.05, 4.69) is 16.0 Å². The Morgan fingerprint density at radius 2 is 1.38 bits per heavy atom. The van der Waals surface area contributed by atoms with E-state index < -0.39 is 11.7 Å². The molecule has 32 heavy (non-hydrogen) atoms. The zero-order valence-corrected chi connectivity index (χ0v) is 17.7. The molecule has 3 N–H and O–H groups in total. The molecule has 0 heterocycles. The molecule has 3 rings (SSSR count). The lowest BCUT2D eigenvalue weighted by Gasteiger charge is -2.14. The van der Waals surface area contributed by atoms with Crippen LogP contribution in [0, 0.1) is 0 Å². The van der Waals surface area contributed by atoms with Crippen molar-refractivity contribution in [1.29, 1.82) is 0 Å². The summed E-state index contributed by atoms with van der Waals surface area (Å²) in [5, 5.41) is 7.98. The van der Waals surface area contributed by atoms with Crippen molar-refractivity contribution in [3.05, 3.63) is 95.6 Å². The molecular formula is C25H23N3O4. The van der Waals surface area contributed by atoms with Crippen molar-refractivity contribution < 1.29 is 19.2 Å². The highest BCUT2D eigenvalue weighted by Gasteiger charge is 2.20. The molecule has 7 nitrogen and oxygen atoms in total. The molecule has 0 fully saturated rings. The number of rotatable bonds is 7. The van der Waals surface area contributed by atoms with Gasteiger partial charge >= 0.3 is 0 Å². The van der Waals surface area contributed by atoms with Crippen molar-refractivity contribution in [2.45, 2.75) is 19.9 Å². The molecule has 0 saturated carbocycles. The Morgan fingerprint density at radius 1 is 0.750 bits per heavy atom. The van der Waals surface area contributed by atoms with Gasteiger partial charge in [0.05, 0.1) is 17.3 Å². The van der Waals surface area contributed by atoms with Crippen LogP contribution in [0.25, 0.3) is 0 Å².